The molecule has 0 fully saturated rings. The summed E-state index contributed by atoms with van der Waals surface area (Å²) in [6, 6.07) is 6.08. The number of halogens is 1. The fourth-order valence-electron chi connectivity index (χ4n) is 1.16. The quantitative estimate of drug-likeness (QED) is 0.587. The largest absolute Gasteiger partial charge is 0.489 e. The van der Waals surface area contributed by atoms with E-state index in [9.17, 15) is 4.39 Å². The summed E-state index contributed by atoms with van der Waals surface area (Å²) in [5.74, 6) is 2.71. The number of benzene rings is 1. The van der Waals surface area contributed by atoms with E-state index in [2.05, 4.69) is 11.2 Å². The fourth-order valence-corrected chi connectivity index (χ4v) is 1.16. The van der Waals surface area contributed by atoms with Gasteiger partial charge in [-0.05, 0) is 19.1 Å². The van der Waals surface area contributed by atoms with Gasteiger partial charge in [0, 0.05) is 12.6 Å². The number of hydrogen-bond donors (Lipinski definition) is 1. The molecule has 80 valence electrons. The van der Waals surface area contributed by atoms with Gasteiger partial charge in [-0.2, -0.15) is 0 Å². The molecule has 1 N–H and O–H groups in total. The first-order valence-electron chi connectivity index (χ1n) is 4.79. The van der Waals surface area contributed by atoms with Crippen LogP contribution in [0.15, 0.2) is 24.3 Å². The van der Waals surface area contributed by atoms with E-state index in [1.165, 1.54) is 12.1 Å². The van der Waals surface area contributed by atoms with Crippen LogP contribution < -0.4 is 10.1 Å². The lowest BCUT2D eigenvalue weighted by molar-refractivity contribution is 0.218. The molecule has 1 aromatic carbocycles. The lowest BCUT2D eigenvalue weighted by atomic mass is 10.3. The molecule has 0 radical (unpaired) electrons. The molecular formula is C12H14FNO. The van der Waals surface area contributed by atoms with Crippen molar-refractivity contribution >= 4 is 0 Å². The molecule has 1 atom stereocenters. The van der Waals surface area contributed by atoms with E-state index in [-0.39, 0.29) is 11.9 Å². The minimum atomic E-state index is -0.295. The predicted octanol–water partition coefficient (Wildman–Crippen LogP) is 1.82. The second kappa shape index (κ2) is 6.05. The van der Waals surface area contributed by atoms with Gasteiger partial charge in [0.05, 0.1) is 6.54 Å². The Morgan fingerprint density at radius 1 is 1.60 bits per heavy atom. The molecule has 0 amide bonds. The second-order valence-corrected chi connectivity index (χ2v) is 3.22. The molecular weight excluding hydrogens is 193 g/mol. The molecule has 2 nitrogen and oxygen atoms in total. The lowest BCUT2D eigenvalue weighted by Crippen LogP contribution is -2.29. The Morgan fingerprint density at radius 2 is 2.40 bits per heavy atom. The van der Waals surface area contributed by atoms with Gasteiger partial charge in [-0.25, -0.2) is 4.39 Å². The first-order chi connectivity index (χ1) is 7.22. The van der Waals surface area contributed by atoms with Crippen LogP contribution in [0.3, 0.4) is 0 Å². The Morgan fingerprint density at radius 3 is 3.07 bits per heavy atom. The highest BCUT2D eigenvalue weighted by molar-refractivity contribution is 5.22. The number of terminal acetylenes is 1. The van der Waals surface area contributed by atoms with E-state index in [4.69, 9.17) is 11.2 Å². The van der Waals surface area contributed by atoms with E-state index >= 15 is 0 Å². The SMILES string of the molecule is C#CCNCC(C)Oc1cccc(F)c1. The molecule has 0 aliphatic heterocycles. The zero-order valence-electron chi connectivity index (χ0n) is 8.66. The van der Waals surface area contributed by atoms with Crippen molar-refractivity contribution in [1.82, 2.24) is 5.32 Å². The van der Waals surface area contributed by atoms with Crippen molar-refractivity contribution in [3.63, 3.8) is 0 Å². The average molecular weight is 207 g/mol. The highest BCUT2D eigenvalue weighted by atomic mass is 19.1. The molecule has 1 unspecified atom stereocenters. The van der Waals surface area contributed by atoms with Gasteiger partial charge >= 0.3 is 0 Å². The molecule has 0 aliphatic carbocycles. The van der Waals surface area contributed by atoms with Gasteiger partial charge in [-0.1, -0.05) is 12.0 Å². The molecule has 0 bridgehead atoms. The van der Waals surface area contributed by atoms with Crippen LogP contribution in [0, 0.1) is 18.2 Å². The summed E-state index contributed by atoms with van der Waals surface area (Å²) < 4.78 is 18.3. The molecule has 0 spiro atoms. The first kappa shape index (κ1) is 11.5. The van der Waals surface area contributed by atoms with Crippen LogP contribution in [0.2, 0.25) is 0 Å². The van der Waals surface area contributed by atoms with Gasteiger partial charge in [-0.15, -0.1) is 6.42 Å². The monoisotopic (exact) mass is 207 g/mol. The number of rotatable bonds is 5. The zero-order valence-corrected chi connectivity index (χ0v) is 8.66. The van der Waals surface area contributed by atoms with Gasteiger partial charge in [0.2, 0.25) is 0 Å². The maximum atomic E-state index is 12.8. The van der Waals surface area contributed by atoms with Gasteiger partial charge < -0.3 is 10.1 Å². The van der Waals surface area contributed by atoms with Crippen molar-refractivity contribution in [3.8, 4) is 18.1 Å². The second-order valence-electron chi connectivity index (χ2n) is 3.22. The van der Waals surface area contributed by atoms with Crippen LogP contribution in [0.25, 0.3) is 0 Å². The molecule has 3 heteroatoms. The standard InChI is InChI=1S/C12H14FNO/c1-3-7-14-9-10(2)15-12-6-4-5-11(13)8-12/h1,4-6,8,10,14H,7,9H2,2H3. The van der Waals surface area contributed by atoms with Crippen molar-refractivity contribution in [3.05, 3.63) is 30.1 Å². The molecule has 0 saturated heterocycles. The van der Waals surface area contributed by atoms with Crippen molar-refractivity contribution in [2.75, 3.05) is 13.1 Å². The Bertz CT molecular complexity index is 346. The average Bonchev–Trinajstić information content (AvgIpc) is 2.18. The minimum absolute atomic E-state index is 0.0415. The molecule has 1 aromatic rings. The topological polar surface area (TPSA) is 21.3 Å². The Kier molecular flexibility index (Phi) is 4.65. The third-order valence-corrected chi connectivity index (χ3v) is 1.79. The summed E-state index contributed by atoms with van der Waals surface area (Å²) in [6.45, 7) is 3.05. The van der Waals surface area contributed by atoms with E-state index in [1.54, 1.807) is 12.1 Å². The van der Waals surface area contributed by atoms with Crippen molar-refractivity contribution in [1.29, 1.82) is 0 Å². The smallest absolute Gasteiger partial charge is 0.126 e. The van der Waals surface area contributed by atoms with Crippen LogP contribution >= 0.6 is 0 Å². The predicted molar refractivity (Wildman–Crippen MR) is 58.2 cm³/mol. The van der Waals surface area contributed by atoms with Gasteiger partial charge in [0.15, 0.2) is 0 Å². The van der Waals surface area contributed by atoms with Crippen LogP contribution in [-0.2, 0) is 0 Å². The third-order valence-electron chi connectivity index (χ3n) is 1.79. The highest BCUT2D eigenvalue weighted by Crippen LogP contribution is 2.13. The normalized spacial score (nSPS) is 11.8. The maximum absolute atomic E-state index is 12.8. The zero-order chi connectivity index (χ0) is 11.1. The van der Waals surface area contributed by atoms with E-state index in [0.717, 1.165) is 0 Å². The van der Waals surface area contributed by atoms with Gasteiger partial charge in [0.25, 0.3) is 0 Å². The van der Waals surface area contributed by atoms with Crippen LogP contribution in [0.5, 0.6) is 5.75 Å². The number of hydrogen-bond acceptors (Lipinski definition) is 2. The molecule has 1 rings (SSSR count). The molecule has 0 aromatic heterocycles. The number of nitrogens with one attached hydrogen (secondary N) is 1. The van der Waals surface area contributed by atoms with Gasteiger partial charge in [-0.3, -0.25) is 0 Å². The molecule has 15 heavy (non-hydrogen) atoms. The lowest BCUT2D eigenvalue weighted by Gasteiger charge is -2.14. The third kappa shape index (κ3) is 4.48. The molecule has 0 aliphatic rings. The summed E-state index contributed by atoms with van der Waals surface area (Å²) in [7, 11) is 0. The summed E-state index contributed by atoms with van der Waals surface area (Å²) in [5.41, 5.74) is 0. The van der Waals surface area contributed by atoms with Gasteiger partial charge in [0.1, 0.15) is 17.7 Å². The summed E-state index contributed by atoms with van der Waals surface area (Å²) in [6.07, 6.45) is 5.04. The van der Waals surface area contributed by atoms with Crippen molar-refractivity contribution in [2.24, 2.45) is 0 Å². The van der Waals surface area contributed by atoms with Crippen LogP contribution in [-0.4, -0.2) is 19.2 Å². The van der Waals surface area contributed by atoms with E-state index < -0.39 is 0 Å². The van der Waals surface area contributed by atoms with Crippen LogP contribution in [0.1, 0.15) is 6.92 Å². The van der Waals surface area contributed by atoms with Crippen molar-refractivity contribution < 1.29 is 9.13 Å². The van der Waals surface area contributed by atoms with E-state index in [0.29, 0.717) is 18.8 Å². The first-order valence-corrected chi connectivity index (χ1v) is 4.79. The molecule has 0 saturated carbocycles. The molecule has 0 heterocycles. The fraction of sp³-hybridized carbons (Fsp3) is 0.333. The summed E-state index contributed by atoms with van der Waals surface area (Å²) in [5, 5.41) is 3.01. The highest BCUT2D eigenvalue weighted by Gasteiger charge is 2.03. The van der Waals surface area contributed by atoms with E-state index in [1.807, 2.05) is 6.92 Å². The summed E-state index contributed by atoms with van der Waals surface area (Å²) >= 11 is 0. The Labute approximate surface area is 89.4 Å². The minimum Gasteiger partial charge on any atom is -0.489 e. The van der Waals surface area contributed by atoms with Crippen LogP contribution in [0.4, 0.5) is 4.39 Å². The summed E-state index contributed by atoms with van der Waals surface area (Å²) in [4.78, 5) is 0. The van der Waals surface area contributed by atoms with Crippen molar-refractivity contribution in [2.45, 2.75) is 13.0 Å². The maximum Gasteiger partial charge on any atom is 0.126 e. The Hall–Kier alpha value is -1.53. The number of ether oxygens (including phenoxy) is 1. The Balaban J connectivity index is 2.38.